The smallest absolute Gasteiger partial charge is 0.328 e. The summed E-state index contributed by atoms with van der Waals surface area (Å²) in [5.74, 6) is -1.69. The number of carbonyl (C=O) groups is 3. The molecule has 0 aliphatic heterocycles. The van der Waals surface area contributed by atoms with Gasteiger partial charge in [-0.15, -0.1) is 0 Å². The molecule has 86 valence electrons. The highest BCUT2D eigenvalue weighted by Crippen LogP contribution is 2.00. The van der Waals surface area contributed by atoms with Crippen molar-refractivity contribution in [3.63, 3.8) is 0 Å². The summed E-state index contributed by atoms with van der Waals surface area (Å²) in [4.78, 5) is 33.4. The van der Waals surface area contributed by atoms with Crippen LogP contribution >= 0.6 is 0 Å². The maximum Gasteiger partial charge on any atom is 0.328 e. The molecule has 0 saturated carbocycles. The van der Waals surface area contributed by atoms with Crippen LogP contribution in [0.4, 0.5) is 0 Å². The highest BCUT2D eigenvalue weighted by molar-refractivity contribution is 6.36. The van der Waals surface area contributed by atoms with Crippen LogP contribution in [0, 0.1) is 5.92 Å². The van der Waals surface area contributed by atoms with Crippen molar-refractivity contribution in [3.8, 4) is 0 Å². The van der Waals surface area contributed by atoms with Gasteiger partial charge in [0.05, 0.1) is 7.11 Å². The number of esters is 1. The van der Waals surface area contributed by atoms with Gasteiger partial charge in [-0.2, -0.15) is 0 Å². The molecule has 5 heteroatoms. The molecule has 1 N–H and O–H groups in total. The number of hydrogen-bond donors (Lipinski definition) is 1. The lowest BCUT2D eigenvalue weighted by molar-refractivity contribution is -0.146. The molecule has 0 aliphatic carbocycles. The Balaban J connectivity index is 4.13. The van der Waals surface area contributed by atoms with E-state index >= 15 is 0 Å². The summed E-state index contributed by atoms with van der Waals surface area (Å²) in [6.45, 7) is 5.15. The van der Waals surface area contributed by atoms with Gasteiger partial charge in [-0.05, 0) is 12.8 Å². The quantitative estimate of drug-likeness (QED) is 0.528. The first-order chi connectivity index (χ1) is 6.88. The van der Waals surface area contributed by atoms with Crippen LogP contribution in [0.15, 0.2) is 0 Å². The van der Waals surface area contributed by atoms with Gasteiger partial charge in [-0.3, -0.25) is 9.59 Å². The number of rotatable bonds is 5. The average molecular weight is 215 g/mol. The van der Waals surface area contributed by atoms with Gasteiger partial charge in [0.1, 0.15) is 6.04 Å². The second kappa shape index (κ2) is 6.16. The van der Waals surface area contributed by atoms with Crippen molar-refractivity contribution in [1.29, 1.82) is 0 Å². The molecule has 0 aromatic heterocycles. The number of carbonyl (C=O) groups excluding carboxylic acids is 3. The van der Waals surface area contributed by atoms with Gasteiger partial charge in [-0.1, -0.05) is 13.8 Å². The predicted molar refractivity (Wildman–Crippen MR) is 54.1 cm³/mol. The number of amides is 1. The Hall–Kier alpha value is -1.39. The number of methoxy groups -OCH3 is 1. The van der Waals surface area contributed by atoms with Crippen molar-refractivity contribution in [3.05, 3.63) is 0 Å². The minimum atomic E-state index is -0.793. The van der Waals surface area contributed by atoms with Gasteiger partial charge < -0.3 is 10.1 Å². The van der Waals surface area contributed by atoms with E-state index in [9.17, 15) is 14.4 Å². The van der Waals surface area contributed by atoms with Crippen molar-refractivity contribution in [2.75, 3.05) is 7.11 Å². The van der Waals surface area contributed by atoms with E-state index < -0.39 is 23.7 Å². The minimum Gasteiger partial charge on any atom is -0.467 e. The fourth-order valence-electron chi connectivity index (χ4n) is 0.976. The molecule has 0 unspecified atom stereocenters. The van der Waals surface area contributed by atoms with Gasteiger partial charge in [0.2, 0.25) is 5.78 Å². The van der Waals surface area contributed by atoms with Gasteiger partial charge in [0, 0.05) is 6.42 Å². The van der Waals surface area contributed by atoms with Crippen molar-refractivity contribution in [1.82, 2.24) is 5.32 Å². The monoisotopic (exact) mass is 215 g/mol. The molecule has 1 atom stereocenters. The molecule has 0 aliphatic rings. The number of hydrogen-bond acceptors (Lipinski definition) is 4. The van der Waals surface area contributed by atoms with Gasteiger partial charge >= 0.3 is 5.97 Å². The lowest BCUT2D eigenvalue weighted by Gasteiger charge is -2.11. The molecule has 1 amide bonds. The Kier molecular flexibility index (Phi) is 5.59. The Labute approximate surface area is 89.2 Å². The number of ketones is 1. The van der Waals surface area contributed by atoms with Crippen molar-refractivity contribution in [2.45, 2.75) is 33.2 Å². The highest BCUT2D eigenvalue weighted by atomic mass is 16.5. The molecule has 0 aromatic carbocycles. The van der Waals surface area contributed by atoms with E-state index in [1.54, 1.807) is 0 Å². The summed E-state index contributed by atoms with van der Waals surface area (Å²) >= 11 is 0. The number of ether oxygens (including phenoxy) is 1. The molecule has 0 radical (unpaired) electrons. The normalized spacial score (nSPS) is 12.1. The lowest BCUT2D eigenvalue weighted by Crippen LogP contribution is -2.42. The van der Waals surface area contributed by atoms with E-state index in [4.69, 9.17) is 0 Å². The third-order valence-corrected chi connectivity index (χ3v) is 1.75. The maximum absolute atomic E-state index is 11.2. The van der Waals surface area contributed by atoms with Crippen LogP contribution in [-0.4, -0.2) is 30.8 Å². The van der Waals surface area contributed by atoms with E-state index in [2.05, 4.69) is 10.1 Å². The van der Waals surface area contributed by atoms with Gasteiger partial charge in [0.15, 0.2) is 0 Å². The molecule has 5 nitrogen and oxygen atoms in total. The molecule has 0 saturated heterocycles. The summed E-state index contributed by atoms with van der Waals surface area (Å²) in [5, 5.41) is 2.27. The fourth-order valence-corrected chi connectivity index (χ4v) is 0.976. The van der Waals surface area contributed by atoms with E-state index in [-0.39, 0.29) is 12.3 Å². The summed E-state index contributed by atoms with van der Waals surface area (Å²) < 4.78 is 4.41. The summed E-state index contributed by atoms with van der Waals surface area (Å²) in [7, 11) is 1.22. The predicted octanol–water partition coefficient (Wildman–Crippen LogP) is 0.279. The Morgan fingerprint density at radius 2 is 1.73 bits per heavy atom. The van der Waals surface area contributed by atoms with Crippen LogP contribution in [0.3, 0.4) is 0 Å². The maximum atomic E-state index is 11.2. The highest BCUT2D eigenvalue weighted by Gasteiger charge is 2.21. The van der Waals surface area contributed by atoms with E-state index in [1.165, 1.54) is 14.0 Å². The van der Waals surface area contributed by atoms with Crippen molar-refractivity contribution >= 4 is 17.7 Å². The third-order valence-electron chi connectivity index (χ3n) is 1.75. The SMILES string of the molecule is COC(=O)[C@H](C)NC(=O)C(=O)CC(C)C. The summed E-state index contributed by atoms with van der Waals surface area (Å²) in [5.41, 5.74) is 0. The molecule has 0 spiro atoms. The zero-order chi connectivity index (χ0) is 12.0. The molecule has 0 aromatic rings. The first-order valence-corrected chi connectivity index (χ1v) is 4.80. The average Bonchev–Trinajstić information content (AvgIpc) is 2.15. The second-order valence-corrected chi connectivity index (χ2v) is 3.74. The summed E-state index contributed by atoms with van der Waals surface area (Å²) in [6, 6.07) is -0.793. The fraction of sp³-hybridized carbons (Fsp3) is 0.700. The van der Waals surface area contributed by atoms with Crippen LogP contribution in [0.2, 0.25) is 0 Å². The molecular weight excluding hydrogens is 198 g/mol. The Morgan fingerprint density at radius 1 is 1.20 bits per heavy atom. The molecular formula is C10H17NO4. The van der Waals surface area contributed by atoms with Crippen LogP contribution in [0.1, 0.15) is 27.2 Å². The first-order valence-electron chi connectivity index (χ1n) is 4.80. The van der Waals surface area contributed by atoms with Crippen LogP contribution in [0.25, 0.3) is 0 Å². The molecule has 15 heavy (non-hydrogen) atoms. The van der Waals surface area contributed by atoms with E-state index in [1.807, 2.05) is 13.8 Å². The molecule has 0 fully saturated rings. The lowest BCUT2D eigenvalue weighted by atomic mass is 10.1. The van der Waals surface area contributed by atoms with Crippen molar-refractivity contribution in [2.24, 2.45) is 5.92 Å². The minimum absolute atomic E-state index is 0.122. The zero-order valence-corrected chi connectivity index (χ0v) is 9.49. The Bertz CT molecular complexity index is 260. The number of Topliss-reactive ketones (excluding diaryl/α,β-unsaturated/α-hetero) is 1. The van der Waals surface area contributed by atoms with Crippen LogP contribution in [-0.2, 0) is 19.1 Å². The number of nitrogens with one attached hydrogen (secondary N) is 1. The molecule has 0 rings (SSSR count). The molecule has 0 bridgehead atoms. The summed E-state index contributed by atoms with van der Waals surface area (Å²) in [6.07, 6.45) is 0.180. The Morgan fingerprint density at radius 3 is 2.13 bits per heavy atom. The standard InChI is InChI=1S/C10H17NO4/c1-6(2)5-8(12)9(13)11-7(3)10(14)15-4/h6-7H,5H2,1-4H3,(H,11,13)/t7-/m0/s1. The van der Waals surface area contributed by atoms with Crippen LogP contribution in [0.5, 0.6) is 0 Å². The van der Waals surface area contributed by atoms with Gasteiger partial charge in [0.25, 0.3) is 5.91 Å². The van der Waals surface area contributed by atoms with E-state index in [0.29, 0.717) is 0 Å². The largest absolute Gasteiger partial charge is 0.467 e. The zero-order valence-electron chi connectivity index (χ0n) is 9.49. The van der Waals surface area contributed by atoms with Crippen LogP contribution < -0.4 is 5.32 Å². The van der Waals surface area contributed by atoms with Gasteiger partial charge in [-0.25, -0.2) is 4.79 Å². The molecule has 0 heterocycles. The van der Waals surface area contributed by atoms with Crippen molar-refractivity contribution < 1.29 is 19.1 Å². The van der Waals surface area contributed by atoms with E-state index in [0.717, 1.165) is 0 Å². The first kappa shape index (κ1) is 13.6. The third kappa shape index (κ3) is 5.15. The topological polar surface area (TPSA) is 72.5 Å². The second-order valence-electron chi connectivity index (χ2n) is 3.74.